The van der Waals surface area contributed by atoms with E-state index < -0.39 is 40.2 Å². The Labute approximate surface area is 210 Å². The number of hydrogen-bond acceptors (Lipinski definition) is 5. The Bertz CT molecular complexity index is 1300. The van der Waals surface area contributed by atoms with Crippen molar-refractivity contribution in [2.45, 2.75) is 24.4 Å². The summed E-state index contributed by atoms with van der Waals surface area (Å²) in [5, 5.41) is 2.53. The van der Waals surface area contributed by atoms with Crippen molar-refractivity contribution < 1.29 is 27.1 Å². The van der Waals surface area contributed by atoms with Crippen LogP contribution in [0.5, 0.6) is 5.75 Å². The van der Waals surface area contributed by atoms with Gasteiger partial charge in [0.25, 0.3) is 10.0 Å². The Hall–Kier alpha value is -3.92. The fraction of sp³-hybridized carbons (Fsp3) is 0.231. The number of likely N-dealkylation sites (N-methyl/N-ethyl adjacent to an activating group) is 1. The second-order valence-corrected chi connectivity index (χ2v) is 9.83. The Morgan fingerprint density at radius 3 is 2.28 bits per heavy atom. The first kappa shape index (κ1) is 26.7. The fourth-order valence-corrected chi connectivity index (χ4v) is 5.03. The van der Waals surface area contributed by atoms with Crippen LogP contribution in [0.3, 0.4) is 0 Å². The van der Waals surface area contributed by atoms with Gasteiger partial charge in [-0.05, 0) is 61.0 Å². The number of methoxy groups -OCH3 is 1. The number of carbonyl (C=O) groups is 2. The van der Waals surface area contributed by atoms with E-state index in [0.717, 1.165) is 28.6 Å². The molecule has 10 heteroatoms. The van der Waals surface area contributed by atoms with Crippen LogP contribution < -0.4 is 14.4 Å². The number of benzene rings is 3. The second kappa shape index (κ2) is 11.7. The van der Waals surface area contributed by atoms with Crippen LogP contribution in [0, 0.1) is 5.82 Å². The first-order chi connectivity index (χ1) is 17.2. The van der Waals surface area contributed by atoms with E-state index in [-0.39, 0.29) is 17.1 Å². The lowest BCUT2D eigenvalue weighted by Gasteiger charge is -2.31. The molecule has 190 valence electrons. The van der Waals surface area contributed by atoms with E-state index in [4.69, 9.17) is 4.74 Å². The summed E-state index contributed by atoms with van der Waals surface area (Å²) in [6, 6.07) is 18.6. The van der Waals surface area contributed by atoms with Gasteiger partial charge in [0.05, 0.1) is 17.7 Å². The molecular formula is C26H28FN3O5S. The van der Waals surface area contributed by atoms with Crippen molar-refractivity contribution >= 4 is 27.5 Å². The maximum absolute atomic E-state index is 13.6. The van der Waals surface area contributed by atoms with Crippen molar-refractivity contribution in [3.05, 3.63) is 90.2 Å². The molecule has 1 atom stereocenters. The maximum Gasteiger partial charge on any atom is 0.264 e. The van der Waals surface area contributed by atoms with Gasteiger partial charge in [0.1, 0.15) is 24.2 Å². The van der Waals surface area contributed by atoms with Crippen LogP contribution in [0.15, 0.2) is 83.8 Å². The number of amides is 2. The summed E-state index contributed by atoms with van der Waals surface area (Å²) in [7, 11) is -1.25. The number of para-hydroxylation sites is 1. The number of sulfonamides is 1. The normalized spacial score (nSPS) is 11.9. The number of halogens is 1. The zero-order valence-corrected chi connectivity index (χ0v) is 21.0. The Morgan fingerprint density at radius 2 is 1.67 bits per heavy atom. The van der Waals surface area contributed by atoms with E-state index in [2.05, 4.69) is 5.32 Å². The number of nitrogens with zero attached hydrogens (tertiary/aromatic N) is 2. The van der Waals surface area contributed by atoms with Crippen molar-refractivity contribution in [1.82, 2.24) is 10.2 Å². The molecule has 1 N–H and O–H groups in total. The van der Waals surface area contributed by atoms with E-state index in [1.54, 1.807) is 61.5 Å². The van der Waals surface area contributed by atoms with Crippen LogP contribution in [0.2, 0.25) is 0 Å². The summed E-state index contributed by atoms with van der Waals surface area (Å²) < 4.78 is 46.7. The van der Waals surface area contributed by atoms with Crippen LogP contribution in [0.1, 0.15) is 12.5 Å². The predicted molar refractivity (Wildman–Crippen MR) is 134 cm³/mol. The Kier molecular flexibility index (Phi) is 8.65. The van der Waals surface area contributed by atoms with Gasteiger partial charge in [0.2, 0.25) is 11.8 Å². The zero-order valence-electron chi connectivity index (χ0n) is 20.2. The summed E-state index contributed by atoms with van der Waals surface area (Å²) in [6.07, 6.45) is 0. The largest absolute Gasteiger partial charge is 0.497 e. The van der Waals surface area contributed by atoms with Crippen LogP contribution in [-0.4, -0.2) is 51.9 Å². The smallest absolute Gasteiger partial charge is 0.264 e. The molecule has 2 amide bonds. The number of anilines is 1. The van der Waals surface area contributed by atoms with Crippen molar-refractivity contribution in [3.8, 4) is 5.75 Å². The minimum Gasteiger partial charge on any atom is -0.497 e. The molecule has 0 unspecified atom stereocenters. The van der Waals surface area contributed by atoms with Gasteiger partial charge in [-0.1, -0.05) is 30.3 Å². The number of nitrogens with one attached hydrogen (secondary N) is 1. The van der Waals surface area contributed by atoms with Crippen LogP contribution in [0.4, 0.5) is 10.1 Å². The molecular weight excluding hydrogens is 485 g/mol. The van der Waals surface area contributed by atoms with Gasteiger partial charge >= 0.3 is 0 Å². The molecule has 0 radical (unpaired) electrons. The molecule has 0 aliphatic carbocycles. The highest BCUT2D eigenvalue weighted by Gasteiger charge is 2.32. The van der Waals surface area contributed by atoms with E-state index >= 15 is 0 Å². The number of carbonyl (C=O) groups excluding carboxylic acids is 2. The van der Waals surface area contributed by atoms with E-state index in [0.29, 0.717) is 11.3 Å². The van der Waals surface area contributed by atoms with Crippen molar-refractivity contribution in [1.29, 1.82) is 0 Å². The molecule has 0 fully saturated rings. The Balaban J connectivity index is 2.00. The first-order valence-corrected chi connectivity index (χ1v) is 12.6. The standard InChI is InChI=1S/C26H28FN3O5S/c1-19(26(32)28-2)29(17-20-8-7-11-23(16-20)35-3)25(31)18-30(22-9-5-4-6-10-22)36(33,34)24-14-12-21(27)13-15-24/h4-16,19H,17-18H2,1-3H3,(H,28,32)/t19-/m0/s1. The number of hydrogen-bond donors (Lipinski definition) is 1. The van der Waals surface area contributed by atoms with Gasteiger partial charge in [-0.2, -0.15) is 0 Å². The topological polar surface area (TPSA) is 96.0 Å². The molecule has 8 nitrogen and oxygen atoms in total. The fourth-order valence-electron chi connectivity index (χ4n) is 3.62. The minimum absolute atomic E-state index is 0.0455. The lowest BCUT2D eigenvalue weighted by molar-refractivity contribution is -0.139. The van der Waals surface area contributed by atoms with Crippen molar-refractivity contribution in [2.24, 2.45) is 0 Å². The summed E-state index contributed by atoms with van der Waals surface area (Å²) in [6.45, 7) is 1.04. The molecule has 0 bridgehead atoms. The van der Waals surface area contributed by atoms with E-state index in [1.165, 1.54) is 19.1 Å². The third kappa shape index (κ3) is 6.19. The van der Waals surface area contributed by atoms with Gasteiger partial charge in [-0.25, -0.2) is 12.8 Å². The van der Waals surface area contributed by atoms with Gasteiger partial charge in [0.15, 0.2) is 0 Å². The number of rotatable bonds is 10. The molecule has 0 aromatic heterocycles. The lowest BCUT2D eigenvalue weighted by Crippen LogP contribution is -2.50. The highest BCUT2D eigenvalue weighted by atomic mass is 32.2. The first-order valence-electron chi connectivity index (χ1n) is 11.1. The highest BCUT2D eigenvalue weighted by Crippen LogP contribution is 2.25. The summed E-state index contributed by atoms with van der Waals surface area (Å²) >= 11 is 0. The average Bonchev–Trinajstić information content (AvgIpc) is 2.90. The van der Waals surface area contributed by atoms with Crippen LogP contribution >= 0.6 is 0 Å². The molecule has 3 aromatic carbocycles. The third-order valence-corrected chi connectivity index (χ3v) is 7.41. The molecule has 36 heavy (non-hydrogen) atoms. The summed E-state index contributed by atoms with van der Waals surface area (Å²) in [4.78, 5) is 27.3. The van der Waals surface area contributed by atoms with Crippen molar-refractivity contribution in [2.75, 3.05) is 25.0 Å². The van der Waals surface area contributed by atoms with Gasteiger partial charge < -0.3 is 15.0 Å². The molecule has 0 aliphatic rings. The number of ether oxygens (including phenoxy) is 1. The Morgan fingerprint density at radius 1 is 1.00 bits per heavy atom. The van der Waals surface area contributed by atoms with Gasteiger partial charge in [0, 0.05) is 13.6 Å². The van der Waals surface area contributed by atoms with Crippen LogP contribution in [-0.2, 0) is 26.2 Å². The molecule has 0 aliphatic heterocycles. The third-order valence-electron chi connectivity index (χ3n) is 5.63. The molecule has 0 saturated carbocycles. The molecule has 0 saturated heterocycles. The summed E-state index contributed by atoms with van der Waals surface area (Å²) in [5.41, 5.74) is 0.954. The maximum atomic E-state index is 13.6. The zero-order chi connectivity index (χ0) is 26.3. The highest BCUT2D eigenvalue weighted by molar-refractivity contribution is 7.92. The van der Waals surface area contributed by atoms with Crippen molar-refractivity contribution in [3.63, 3.8) is 0 Å². The molecule has 3 rings (SSSR count). The predicted octanol–water partition coefficient (Wildman–Crippen LogP) is 3.19. The van der Waals surface area contributed by atoms with E-state index in [1.807, 2.05) is 0 Å². The SMILES string of the molecule is CNC(=O)[C@H](C)N(Cc1cccc(OC)c1)C(=O)CN(c1ccccc1)S(=O)(=O)c1ccc(F)cc1. The summed E-state index contributed by atoms with van der Waals surface area (Å²) in [5.74, 6) is -1.00. The molecule has 3 aromatic rings. The lowest BCUT2D eigenvalue weighted by atomic mass is 10.1. The quantitative estimate of drug-likeness (QED) is 0.449. The molecule has 0 heterocycles. The monoisotopic (exact) mass is 513 g/mol. The second-order valence-electron chi connectivity index (χ2n) is 7.96. The van der Waals surface area contributed by atoms with E-state index in [9.17, 15) is 22.4 Å². The van der Waals surface area contributed by atoms with Gasteiger partial charge in [-0.15, -0.1) is 0 Å². The van der Waals surface area contributed by atoms with Crippen LogP contribution in [0.25, 0.3) is 0 Å². The van der Waals surface area contributed by atoms with Gasteiger partial charge in [-0.3, -0.25) is 13.9 Å². The molecule has 0 spiro atoms. The average molecular weight is 514 g/mol. The minimum atomic E-state index is -4.24.